The number of rotatable bonds is 6. The number of aryl methyl sites for hydroxylation is 1. The molecule has 1 unspecified atom stereocenters. The lowest BCUT2D eigenvalue weighted by Crippen LogP contribution is -2.49. The Morgan fingerprint density at radius 2 is 1.90 bits per heavy atom. The third-order valence-corrected chi connectivity index (χ3v) is 4.89. The molecule has 0 radical (unpaired) electrons. The summed E-state index contributed by atoms with van der Waals surface area (Å²) in [5, 5.41) is 9.85. The maximum absolute atomic E-state index is 12.5. The van der Waals surface area contributed by atoms with Crippen LogP contribution in [0.25, 0.3) is 0 Å². The van der Waals surface area contributed by atoms with Gasteiger partial charge in [0.2, 0.25) is 0 Å². The number of ether oxygens (including phenoxy) is 1. The van der Waals surface area contributed by atoms with E-state index < -0.39 is 25.4 Å². The molecule has 116 valence electrons. The molecule has 0 aliphatic carbocycles. The second kappa shape index (κ2) is 6.43. The molecule has 0 heterocycles. The van der Waals surface area contributed by atoms with Crippen LogP contribution in [0.4, 0.5) is 0 Å². The lowest BCUT2D eigenvalue weighted by atomic mass is 9.81. The largest absolute Gasteiger partial charge is 0.480 e. The molecule has 1 aromatic rings. The van der Waals surface area contributed by atoms with E-state index in [1.807, 2.05) is 13.0 Å². The minimum absolute atomic E-state index is 0.172. The summed E-state index contributed by atoms with van der Waals surface area (Å²) >= 11 is 0. The van der Waals surface area contributed by atoms with Crippen molar-refractivity contribution >= 4 is 20.0 Å². The van der Waals surface area contributed by atoms with Gasteiger partial charge in [-0.3, -0.25) is 9.59 Å². The highest BCUT2D eigenvalue weighted by molar-refractivity contribution is 6.77. The zero-order valence-corrected chi connectivity index (χ0v) is 14.4. The fourth-order valence-electron chi connectivity index (χ4n) is 2.54. The van der Waals surface area contributed by atoms with Gasteiger partial charge in [-0.2, -0.15) is 0 Å². The standard InChI is InChI=1S/C16H24O4Si/c1-6-20-15(19)16(14(17)18,11-21(3,4)5)13-9-7-8-12(2)10-13/h7-10H,6,11H2,1-5H3,(H,17,18). The normalized spacial score (nSPS) is 14.3. The van der Waals surface area contributed by atoms with Crippen molar-refractivity contribution in [3.63, 3.8) is 0 Å². The summed E-state index contributed by atoms with van der Waals surface area (Å²) in [7, 11) is -1.83. The van der Waals surface area contributed by atoms with Gasteiger partial charge in [0.25, 0.3) is 0 Å². The third-order valence-electron chi connectivity index (χ3n) is 3.30. The van der Waals surface area contributed by atoms with Crippen LogP contribution in [-0.2, 0) is 19.7 Å². The molecule has 0 aliphatic heterocycles. The van der Waals surface area contributed by atoms with Crippen LogP contribution >= 0.6 is 0 Å². The molecular formula is C16H24O4Si. The van der Waals surface area contributed by atoms with E-state index in [1.54, 1.807) is 25.1 Å². The SMILES string of the molecule is CCOC(=O)C(C[Si](C)(C)C)(C(=O)O)c1cccc(C)c1. The van der Waals surface area contributed by atoms with Crippen molar-refractivity contribution < 1.29 is 19.4 Å². The van der Waals surface area contributed by atoms with Crippen LogP contribution in [0.1, 0.15) is 18.1 Å². The molecule has 1 atom stereocenters. The molecule has 0 bridgehead atoms. The topological polar surface area (TPSA) is 63.6 Å². The summed E-state index contributed by atoms with van der Waals surface area (Å²) in [4.78, 5) is 24.6. The summed E-state index contributed by atoms with van der Waals surface area (Å²) in [5.41, 5.74) is -0.166. The maximum atomic E-state index is 12.5. The molecule has 0 amide bonds. The van der Waals surface area contributed by atoms with Crippen LogP contribution in [0, 0.1) is 6.92 Å². The van der Waals surface area contributed by atoms with Crippen LogP contribution in [0.3, 0.4) is 0 Å². The molecule has 0 spiro atoms. The van der Waals surface area contributed by atoms with Gasteiger partial charge in [-0.1, -0.05) is 49.5 Å². The number of benzene rings is 1. The number of carbonyl (C=O) groups is 2. The summed E-state index contributed by atoms with van der Waals surface area (Å²) in [6, 6.07) is 7.46. The lowest BCUT2D eigenvalue weighted by molar-refractivity contribution is -0.160. The number of carbonyl (C=O) groups excluding carboxylic acids is 1. The first-order chi connectivity index (χ1) is 9.63. The van der Waals surface area contributed by atoms with Crippen LogP contribution in [0.2, 0.25) is 25.7 Å². The molecule has 1 N–H and O–H groups in total. The first-order valence-corrected chi connectivity index (χ1v) is 10.8. The molecule has 0 aromatic heterocycles. The zero-order valence-electron chi connectivity index (χ0n) is 13.4. The Balaban J connectivity index is 3.51. The molecule has 1 rings (SSSR count). The predicted octanol–water partition coefficient (Wildman–Crippen LogP) is 3.22. The number of esters is 1. The van der Waals surface area contributed by atoms with Gasteiger partial charge in [-0.25, -0.2) is 0 Å². The van der Waals surface area contributed by atoms with Gasteiger partial charge in [0.05, 0.1) is 6.61 Å². The Morgan fingerprint density at radius 1 is 1.29 bits per heavy atom. The number of aliphatic carboxylic acids is 1. The second-order valence-electron chi connectivity index (χ2n) is 6.54. The Hall–Kier alpha value is -1.62. The van der Waals surface area contributed by atoms with Gasteiger partial charge in [0.1, 0.15) is 0 Å². The Kier molecular flexibility index (Phi) is 5.34. The van der Waals surface area contributed by atoms with E-state index in [2.05, 4.69) is 19.6 Å². The number of hydrogen-bond acceptors (Lipinski definition) is 3. The van der Waals surface area contributed by atoms with Crippen LogP contribution in [0.5, 0.6) is 0 Å². The van der Waals surface area contributed by atoms with Crippen molar-refractivity contribution in [1.29, 1.82) is 0 Å². The van der Waals surface area contributed by atoms with Crippen molar-refractivity contribution in [2.45, 2.75) is 44.9 Å². The molecule has 0 saturated heterocycles. The minimum atomic E-state index is -1.83. The molecule has 5 heteroatoms. The Labute approximate surface area is 127 Å². The molecule has 0 aliphatic rings. The fraction of sp³-hybridized carbons (Fsp3) is 0.500. The highest BCUT2D eigenvalue weighted by Gasteiger charge is 2.51. The average molecular weight is 308 g/mol. The van der Waals surface area contributed by atoms with Gasteiger partial charge >= 0.3 is 11.9 Å². The van der Waals surface area contributed by atoms with Gasteiger partial charge in [-0.15, -0.1) is 0 Å². The van der Waals surface area contributed by atoms with Crippen molar-refractivity contribution in [1.82, 2.24) is 0 Å². The van der Waals surface area contributed by atoms with E-state index in [0.29, 0.717) is 11.6 Å². The summed E-state index contributed by atoms with van der Waals surface area (Å²) in [6.07, 6.45) is 0. The van der Waals surface area contributed by atoms with Gasteiger partial charge < -0.3 is 9.84 Å². The smallest absolute Gasteiger partial charge is 0.327 e. The van der Waals surface area contributed by atoms with E-state index in [-0.39, 0.29) is 6.61 Å². The van der Waals surface area contributed by atoms with Crippen molar-refractivity contribution in [3.8, 4) is 0 Å². The Bertz CT molecular complexity index is 533. The van der Waals surface area contributed by atoms with E-state index >= 15 is 0 Å². The van der Waals surface area contributed by atoms with E-state index in [0.717, 1.165) is 5.56 Å². The summed E-state index contributed by atoms with van der Waals surface area (Å²) < 4.78 is 5.11. The molecule has 0 saturated carbocycles. The van der Waals surface area contributed by atoms with Gasteiger partial charge in [0.15, 0.2) is 5.41 Å². The fourth-order valence-corrected chi connectivity index (χ4v) is 4.63. The summed E-state index contributed by atoms with van der Waals surface area (Å²) in [6.45, 7) is 9.91. The molecule has 4 nitrogen and oxygen atoms in total. The van der Waals surface area contributed by atoms with Gasteiger partial charge in [-0.05, 0) is 25.5 Å². The van der Waals surface area contributed by atoms with Crippen molar-refractivity contribution in [3.05, 3.63) is 35.4 Å². The number of carboxylic acids is 1. The summed E-state index contributed by atoms with van der Waals surface area (Å²) in [5.74, 6) is -1.79. The predicted molar refractivity (Wildman–Crippen MR) is 85.3 cm³/mol. The molecular weight excluding hydrogens is 284 g/mol. The average Bonchev–Trinajstić information content (AvgIpc) is 2.34. The second-order valence-corrected chi connectivity index (χ2v) is 12.0. The van der Waals surface area contributed by atoms with Crippen molar-refractivity contribution in [2.24, 2.45) is 0 Å². The Morgan fingerprint density at radius 3 is 2.33 bits per heavy atom. The van der Waals surface area contributed by atoms with Crippen molar-refractivity contribution in [2.75, 3.05) is 6.61 Å². The molecule has 21 heavy (non-hydrogen) atoms. The van der Waals surface area contributed by atoms with E-state index in [1.165, 1.54) is 0 Å². The minimum Gasteiger partial charge on any atom is -0.480 e. The first kappa shape index (κ1) is 17.4. The monoisotopic (exact) mass is 308 g/mol. The third kappa shape index (κ3) is 3.94. The van der Waals surface area contributed by atoms with E-state index in [9.17, 15) is 14.7 Å². The molecule has 0 fully saturated rings. The van der Waals surface area contributed by atoms with Gasteiger partial charge in [0, 0.05) is 8.07 Å². The number of carboxylic acid groups (broad SMARTS) is 1. The number of hydrogen-bond donors (Lipinski definition) is 1. The van der Waals surface area contributed by atoms with Crippen LogP contribution in [-0.4, -0.2) is 31.7 Å². The maximum Gasteiger partial charge on any atom is 0.327 e. The van der Waals surface area contributed by atoms with E-state index in [4.69, 9.17) is 4.74 Å². The zero-order chi connectivity index (χ0) is 16.3. The lowest BCUT2D eigenvalue weighted by Gasteiger charge is -2.33. The first-order valence-electron chi connectivity index (χ1n) is 7.11. The highest BCUT2D eigenvalue weighted by Crippen LogP contribution is 2.36. The van der Waals surface area contributed by atoms with Crippen LogP contribution < -0.4 is 0 Å². The molecule has 1 aromatic carbocycles. The van der Waals surface area contributed by atoms with Crippen LogP contribution in [0.15, 0.2) is 24.3 Å². The highest BCUT2D eigenvalue weighted by atomic mass is 28.3. The quantitative estimate of drug-likeness (QED) is 0.498.